The normalized spacial score (nSPS) is 16.6. The minimum atomic E-state index is 0.688. The number of pyridine rings is 1. The van der Waals surface area contributed by atoms with Gasteiger partial charge in [-0.3, -0.25) is 4.98 Å². The van der Waals surface area contributed by atoms with Crippen molar-refractivity contribution in [3.05, 3.63) is 41.6 Å². The van der Waals surface area contributed by atoms with E-state index in [-0.39, 0.29) is 0 Å². The Morgan fingerprint density at radius 3 is 2.90 bits per heavy atom. The number of aryl methyl sites for hydroxylation is 1. The molecule has 1 N–H and O–H groups in total. The summed E-state index contributed by atoms with van der Waals surface area (Å²) < 4.78 is 5.97. The molecule has 1 aromatic carbocycles. The molecule has 2 heterocycles. The number of rotatable bonds is 4. The van der Waals surface area contributed by atoms with Crippen LogP contribution in [0.3, 0.4) is 0 Å². The fourth-order valence-corrected chi connectivity index (χ4v) is 2.90. The number of fused-ring (bicyclic) bond motifs is 1. The van der Waals surface area contributed by atoms with Gasteiger partial charge in [-0.2, -0.15) is 0 Å². The molecule has 2 aromatic rings. The van der Waals surface area contributed by atoms with Crippen LogP contribution in [0.5, 0.6) is 0 Å². The van der Waals surface area contributed by atoms with Crippen LogP contribution in [0.1, 0.15) is 24.1 Å². The number of nitrogens with one attached hydrogen (secondary N) is 1. The minimum absolute atomic E-state index is 0.688. The van der Waals surface area contributed by atoms with Gasteiger partial charge in [0.15, 0.2) is 0 Å². The number of piperidine rings is 1. The molecular weight excluding hydrogens is 248 g/mol. The van der Waals surface area contributed by atoms with Crippen LogP contribution in [-0.4, -0.2) is 24.7 Å². The Balaban J connectivity index is 1.67. The third kappa shape index (κ3) is 3.17. The van der Waals surface area contributed by atoms with Crippen molar-refractivity contribution in [1.29, 1.82) is 0 Å². The van der Waals surface area contributed by atoms with E-state index in [0.29, 0.717) is 12.5 Å². The average molecular weight is 270 g/mol. The van der Waals surface area contributed by atoms with E-state index in [2.05, 4.69) is 34.6 Å². The Bertz CT molecular complexity index is 576. The molecule has 0 bridgehead atoms. The number of aromatic nitrogens is 1. The highest BCUT2D eigenvalue weighted by Gasteiger charge is 2.13. The van der Waals surface area contributed by atoms with Crippen LogP contribution in [-0.2, 0) is 11.3 Å². The summed E-state index contributed by atoms with van der Waals surface area (Å²) in [5, 5.41) is 4.60. The SMILES string of the molecule is Cc1cc(COCC2CCNCC2)c2ccccc2n1. The smallest absolute Gasteiger partial charge is 0.0724 e. The summed E-state index contributed by atoms with van der Waals surface area (Å²) in [6.45, 7) is 5.87. The number of para-hydroxylation sites is 1. The first kappa shape index (κ1) is 13.5. The van der Waals surface area contributed by atoms with Gasteiger partial charge in [0.05, 0.1) is 12.1 Å². The van der Waals surface area contributed by atoms with E-state index in [0.717, 1.165) is 30.9 Å². The Morgan fingerprint density at radius 1 is 1.25 bits per heavy atom. The lowest BCUT2D eigenvalue weighted by atomic mass is 9.99. The van der Waals surface area contributed by atoms with Crippen LogP contribution >= 0.6 is 0 Å². The van der Waals surface area contributed by atoms with Crippen molar-refractivity contribution in [2.75, 3.05) is 19.7 Å². The van der Waals surface area contributed by atoms with Crippen LogP contribution in [0.15, 0.2) is 30.3 Å². The quantitative estimate of drug-likeness (QED) is 0.927. The largest absolute Gasteiger partial charge is 0.376 e. The maximum atomic E-state index is 5.97. The zero-order valence-electron chi connectivity index (χ0n) is 12.1. The van der Waals surface area contributed by atoms with Gasteiger partial charge in [-0.15, -0.1) is 0 Å². The summed E-state index contributed by atoms with van der Waals surface area (Å²) in [6, 6.07) is 10.4. The van der Waals surface area contributed by atoms with Gasteiger partial charge >= 0.3 is 0 Å². The molecule has 1 fully saturated rings. The number of benzene rings is 1. The molecule has 3 nitrogen and oxygen atoms in total. The zero-order valence-corrected chi connectivity index (χ0v) is 12.1. The van der Waals surface area contributed by atoms with Gasteiger partial charge in [-0.05, 0) is 56.5 Å². The highest BCUT2D eigenvalue weighted by Crippen LogP contribution is 2.20. The molecule has 0 radical (unpaired) electrons. The van der Waals surface area contributed by atoms with Crippen LogP contribution in [0, 0.1) is 12.8 Å². The first-order chi connectivity index (χ1) is 9.83. The number of hydrogen-bond donors (Lipinski definition) is 1. The molecule has 0 spiro atoms. The number of ether oxygens (including phenoxy) is 1. The van der Waals surface area contributed by atoms with E-state index in [1.807, 2.05) is 13.0 Å². The predicted molar refractivity (Wildman–Crippen MR) is 81.7 cm³/mol. The first-order valence-corrected chi connectivity index (χ1v) is 7.46. The molecule has 106 valence electrons. The van der Waals surface area contributed by atoms with Gasteiger partial charge < -0.3 is 10.1 Å². The van der Waals surface area contributed by atoms with E-state index >= 15 is 0 Å². The summed E-state index contributed by atoms with van der Waals surface area (Å²) in [7, 11) is 0. The Labute approximate surface area is 120 Å². The summed E-state index contributed by atoms with van der Waals surface area (Å²) >= 11 is 0. The van der Waals surface area contributed by atoms with Crippen LogP contribution in [0.4, 0.5) is 0 Å². The van der Waals surface area contributed by atoms with Crippen LogP contribution < -0.4 is 5.32 Å². The van der Waals surface area contributed by atoms with E-state index < -0.39 is 0 Å². The van der Waals surface area contributed by atoms with Crippen molar-refractivity contribution in [2.45, 2.75) is 26.4 Å². The van der Waals surface area contributed by atoms with E-state index in [1.165, 1.54) is 23.8 Å². The average Bonchev–Trinajstić information content (AvgIpc) is 2.48. The molecule has 1 aromatic heterocycles. The lowest BCUT2D eigenvalue weighted by molar-refractivity contribution is 0.0769. The molecule has 1 aliphatic heterocycles. The predicted octanol–water partition coefficient (Wildman–Crippen LogP) is 3.06. The molecule has 20 heavy (non-hydrogen) atoms. The summed E-state index contributed by atoms with van der Waals surface area (Å²) in [4.78, 5) is 4.57. The van der Waals surface area contributed by atoms with E-state index in [4.69, 9.17) is 4.74 Å². The van der Waals surface area contributed by atoms with Gasteiger partial charge in [0.2, 0.25) is 0 Å². The summed E-state index contributed by atoms with van der Waals surface area (Å²) in [6.07, 6.45) is 2.46. The second kappa shape index (κ2) is 6.33. The topological polar surface area (TPSA) is 34.1 Å². The minimum Gasteiger partial charge on any atom is -0.376 e. The van der Waals surface area contributed by atoms with Crippen molar-refractivity contribution >= 4 is 10.9 Å². The second-order valence-electron chi connectivity index (χ2n) is 5.65. The standard InChI is InChI=1S/C17H22N2O/c1-13-10-15(16-4-2-3-5-17(16)19-13)12-20-11-14-6-8-18-9-7-14/h2-5,10,14,18H,6-9,11-12H2,1H3. The monoisotopic (exact) mass is 270 g/mol. The Hall–Kier alpha value is -1.45. The van der Waals surface area contributed by atoms with Crippen molar-refractivity contribution in [3.63, 3.8) is 0 Å². The maximum absolute atomic E-state index is 5.97. The van der Waals surface area contributed by atoms with Gasteiger partial charge in [0.25, 0.3) is 0 Å². The van der Waals surface area contributed by atoms with Crippen LogP contribution in [0.25, 0.3) is 10.9 Å². The van der Waals surface area contributed by atoms with E-state index in [9.17, 15) is 0 Å². The molecule has 3 rings (SSSR count). The molecule has 0 unspecified atom stereocenters. The molecule has 3 heteroatoms. The van der Waals surface area contributed by atoms with Crippen LogP contribution in [0.2, 0.25) is 0 Å². The first-order valence-electron chi connectivity index (χ1n) is 7.46. The van der Waals surface area contributed by atoms with Gasteiger partial charge in [0.1, 0.15) is 0 Å². The van der Waals surface area contributed by atoms with Crippen molar-refractivity contribution in [2.24, 2.45) is 5.92 Å². The molecule has 0 aliphatic carbocycles. The third-order valence-corrected chi connectivity index (χ3v) is 4.00. The summed E-state index contributed by atoms with van der Waals surface area (Å²) in [5.74, 6) is 0.713. The van der Waals surface area contributed by atoms with Crippen molar-refractivity contribution < 1.29 is 4.74 Å². The molecule has 0 atom stereocenters. The number of hydrogen-bond acceptors (Lipinski definition) is 3. The Morgan fingerprint density at radius 2 is 2.05 bits per heavy atom. The second-order valence-corrected chi connectivity index (χ2v) is 5.65. The van der Waals surface area contributed by atoms with Gasteiger partial charge in [0, 0.05) is 17.7 Å². The lowest BCUT2D eigenvalue weighted by Gasteiger charge is -2.22. The maximum Gasteiger partial charge on any atom is 0.0724 e. The molecule has 0 saturated carbocycles. The van der Waals surface area contributed by atoms with Gasteiger partial charge in [-0.25, -0.2) is 0 Å². The molecular formula is C17H22N2O. The zero-order chi connectivity index (χ0) is 13.8. The number of nitrogens with zero attached hydrogens (tertiary/aromatic N) is 1. The third-order valence-electron chi connectivity index (χ3n) is 4.00. The molecule has 0 amide bonds. The molecule has 1 aliphatic rings. The van der Waals surface area contributed by atoms with Gasteiger partial charge in [-0.1, -0.05) is 18.2 Å². The lowest BCUT2D eigenvalue weighted by Crippen LogP contribution is -2.29. The van der Waals surface area contributed by atoms with Crippen molar-refractivity contribution in [3.8, 4) is 0 Å². The fraction of sp³-hybridized carbons (Fsp3) is 0.471. The summed E-state index contributed by atoms with van der Waals surface area (Å²) in [5.41, 5.74) is 3.37. The highest BCUT2D eigenvalue weighted by molar-refractivity contribution is 5.82. The fourth-order valence-electron chi connectivity index (χ4n) is 2.90. The van der Waals surface area contributed by atoms with E-state index in [1.54, 1.807) is 0 Å². The molecule has 1 saturated heterocycles. The highest BCUT2D eigenvalue weighted by atomic mass is 16.5. The Kier molecular flexibility index (Phi) is 4.28. The van der Waals surface area contributed by atoms with Crippen molar-refractivity contribution in [1.82, 2.24) is 10.3 Å².